The minimum absolute atomic E-state index is 0.701. The molecule has 2 aromatic rings. The second kappa shape index (κ2) is 5.42. The first-order chi connectivity index (χ1) is 7.88. The maximum Gasteiger partial charge on any atom is 0.0447 e. The fraction of sp³-hybridized carbons (Fsp3) is 0.214. The van der Waals surface area contributed by atoms with Crippen molar-refractivity contribution in [3.8, 4) is 0 Å². The van der Waals surface area contributed by atoms with Crippen molar-refractivity contribution < 1.29 is 0 Å². The zero-order chi connectivity index (χ0) is 11.2. The summed E-state index contributed by atoms with van der Waals surface area (Å²) in [5, 5.41) is 0. The van der Waals surface area contributed by atoms with Crippen LogP contribution in [0.5, 0.6) is 0 Å². The third kappa shape index (κ3) is 2.91. The van der Waals surface area contributed by atoms with Crippen LogP contribution in [-0.2, 0) is 12.8 Å². The van der Waals surface area contributed by atoms with Crippen LogP contribution in [0, 0.1) is 0 Å². The molecule has 2 rings (SSSR count). The Morgan fingerprint density at radius 2 is 1.88 bits per heavy atom. The normalized spacial score (nSPS) is 10.3. The third-order valence-corrected chi connectivity index (χ3v) is 2.54. The van der Waals surface area contributed by atoms with E-state index >= 15 is 0 Å². The summed E-state index contributed by atoms with van der Waals surface area (Å²) < 4.78 is 0. The molecular formula is C14H16N2. The number of pyridine rings is 1. The number of nitrogens with two attached hydrogens (primary N) is 1. The molecule has 2 heteroatoms. The molecule has 0 aliphatic carbocycles. The lowest BCUT2D eigenvalue weighted by atomic mass is 10.0. The van der Waals surface area contributed by atoms with Crippen LogP contribution in [0.2, 0.25) is 0 Å². The quantitative estimate of drug-likeness (QED) is 0.843. The molecular weight excluding hydrogens is 196 g/mol. The molecule has 0 radical (unpaired) electrons. The Morgan fingerprint density at radius 1 is 1.00 bits per heavy atom. The van der Waals surface area contributed by atoms with Gasteiger partial charge in [-0.1, -0.05) is 30.3 Å². The minimum atomic E-state index is 0.701. The zero-order valence-electron chi connectivity index (χ0n) is 9.26. The summed E-state index contributed by atoms with van der Waals surface area (Å²) in [6, 6.07) is 14.6. The number of benzene rings is 1. The van der Waals surface area contributed by atoms with Gasteiger partial charge in [-0.3, -0.25) is 4.98 Å². The standard InChI is InChI=1S/C14H16N2/c15-8-7-12-4-3-5-13(10-12)11-14-6-1-2-9-16-14/h1-6,9-10H,7-8,11,15H2. The lowest BCUT2D eigenvalue weighted by molar-refractivity contribution is 0.961. The number of aromatic nitrogens is 1. The fourth-order valence-corrected chi connectivity index (χ4v) is 1.77. The second-order valence-corrected chi connectivity index (χ2v) is 3.86. The lowest BCUT2D eigenvalue weighted by Crippen LogP contribution is -2.03. The van der Waals surface area contributed by atoms with Gasteiger partial charge >= 0.3 is 0 Å². The van der Waals surface area contributed by atoms with E-state index in [1.54, 1.807) is 0 Å². The van der Waals surface area contributed by atoms with Gasteiger partial charge in [0, 0.05) is 18.3 Å². The molecule has 1 aromatic carbocycles. The summed E-state index contributed by atoms with van der Waals surface area (Å²) >= 11 is 0. The van der Waals surface area contributed by atoms with Crippen LogP contribution >= 0.6 is 0 Å². The molecule has 0 saturated carbocycles. The summed E-state index contributed by atoms with van der Waals surface area (Å²) in [5.74, 6) is 0. The SMILES string of the molecule is NCCc1cccc(Cc2ccccn2)c1. The van der Waals surface area contributed by atoms with Crippen LogP contribution in [0.25, 0.3) is 0 Å². The van der Waals surface area contributed by atoms with Gasteiger partial charge in [0.1, 0.15) is 0 Å². The van der Waals surface area contributed by atoms with E-state index in [0.29, 0.717) is 6.54 Å². The van der Waals surface area contributed by atoms with Crippen LogP contribution in [0.4, 0.5) is 0 Å². The topological polar surface area (TPSA) is 38.9 Å². The van der Waals surface area contributed by atoms with Gasteiger partial charge in [-0.25, -0.2) is 0 Å². The summed E-state index contributed by atoms with van der Waals surface area (Å²) in [7, 11) is 0. The third-order valence-electron chi connectivity index (χ3n) is 2.54. The maximum atomic E-state index is 5.55. The Bertz CT molecular complexity index is 437. The van der Waals surface area contributed by atoms with Gasteiger partial charge < -0.3 is 5.73 Å². The molecule has 2 N–H and O–H groups in total. The van der Waals surface area contributed by atoms with Gasteiger partial charge in [-0.05, 0) is 36.2 Å². The van der Waals surface area contributed by atoms with Crippen molar-refractivity contribution in [1.82, 2.24) is 4.98 Å². The van der Waals surface area contributed by atoms with E-state index in [2.05, 4.69) is 35.3 Å². The van der Waals surface area contributed by atoms with Crippen molar-refractivity contribution in [3.05, 3.63) is 65.5 Å². The Hall–Kier alpha value is -1.67. The summed E-state index contributed by atoms with van der Waals surface area (Å²) in [6.07, 6.45) is 3.66. The van der Waals surface area contributed by atoms with Crippen LogP contribution in [0.15, 0.2) is 48.7 Å². The largest absolute Gasteiger partial charge is 0.330 e. The van der Waals surface area contributed by atoms with Gasteiger partial charge in [0.25, 0.3) is 0 Å². The molecule has 0 atom stereocenters. The van der Waals surface area contributed by atoms with Crippen molar-refractivity contribution >= 4 is 0 Å². The van der Waals surface area contributed by atoms with Gasteiger partial charge in [0.15, 0.2) is 0 Å². The molecule has 2 nitrogen and oxygen atoms in total. The molecule has 0 amide bonds. The smallest absolute Gasteiger partial charge is 0.0447 e. The Kier molecular flexibility index (Phi) is 3.67. The van der Waals surface area contributed by atoms with E-state index in [-0.39, 0.29) is 0 Å². The van der Waals surface area contributed by atoms with Crippen LogP contribution in [0.1, 0.15) is 16.8 Å². The number of hydrogen-bond acceptors (Lipinski definition) is 2. The first-order valence-electron chi connectivity index (χ1n) is 5.56. The summed E-state index contributed by atoms with van der Waals surface area (Å²) in [6.45, 7) is 0.701. The van der Waals surface area contributed by atoms with Crippen molar-refractivity contribution in [3.63, 3.8) is 0 Å². The minimum Gasteiger partial charge on any atom is -0.330 e. The van der Waals surface area contributed by atoms with E-state index in [0.717, 1.165) is 18.5 Å². The highest BCUT2D eigenvalue weighted by Gasteiger charge is 1.98. The highest BCUT2D eigenvalue weighted by molar-refractivity contribution is 5.27. The van der Waals surface area contributed by atoms with E-state index in [1.807, 2.05) is 18.3 Å². The Labute approximate surface area is 96.1 Å². The van der Waals surface area contributed by atoms with Crippen LogP contribution < -0.4 is 5.73 Å². The van der Waals surface area contributed by atoms with Crippen molar-refractivity contribution in [2.24, 2.45) is 5.73 Å². The first kappa shape index (κ1) is 10.8. The monoisotopic (exact) mass is 212 g/mol. The summed E-state index contributed by atoms with van der Waals surface area (Å²) in [4.78, 5) is 4.32. The molecule has 0 unspecified atom stereocenters. The Balaban J connectivity index is 2.12. The van der Waals surface area contributed by atoms with E-state index < -0.39 is 0 Å². The molecule has 82 valence electrons. The molecule has 16 heavy (non-hydrogen) atoms. The van der Waals surface area contributed by atoms with Gasteiger partial charge in [-0.15, -0.1) is 0 Å². The highest BCUT2D eigenvalue weighted by atomic mass is 14.7. The van der Waals surface area contributed by atoms with Crippen molar-refractivity contribution in [2.45, 2.75) is 12.8 Å². The number of hydrogen-bond donors (Lipinski definition) is 1. The van der Waals surface area contributed by atoms with E-state index in [4.69, 9.17) is 5.73 Å². The molecule has 1 heterocycles. The predicted molar refractivity (Wildman–Crippen MR) is 66.2 cm³/mol. The molecule has 0 bridgehead atoms. The molecule has 0 fully saturated rings. The lowest BCUT2D eigenvalue weighted by Gasteiger charge is -2.04. The average Bonchev–Trinajstić information content (AvgIpc) is 2.31. The second-order valence-electron chi connectivity index (χ2n) is 3.86. The highest BCUT2D eigenvalue weighted by Crippen LogP contribution is 2.10. The first-order valence-corrected chi connectivity index (χ1v) is 5.56. The zero-order valence-corrected chi connectivity index (χ0v) is 9.26. The predicted octanol–water partition coefficient (Wildman–Crippen LogP) is 2.17. The Morgan fingerprint density at radius 3 is 2.62 bits per heavy atom. The summed E-state index contributed by atoms with van der Waals surface area (Å²) in [5.41, 5.74) is 9.25. The van der Waals surface area contributed by atoms with Gasteiger partial charge in [0.2, 0.25) is 0 Å². The van der Waals surface area contributed by atoms with E-state index in [9.17, 15) is 0 Å². The average molecular weight is 212 g/mol. The van der Waals surface area contributed by atoms with Crippen LogP contribution in [-0.4, -0.2) is 11.5 Å². The molecule has 0 aliphatic heterocycles. The van der Waals surface area contributed by atoms with Crippen molar-refractivity contribution in [2.75, 3.05) is 6.54 Å². The molecule has 0 saturated heterocycles. The fourth-order valence-electron chi connectivity index (χ4n) is 1.77. The van der Waals surface area contributed by atoms with Gasteiger partial charge in [-0.2, -0.15) is 0 Å². The van der Waals surface area contributed by atoms with Crippen molar-refractivity contribution in [1.29, 1.82) is 0 Å². The molecule has 1 aromatic heterocycles. The number of nitrogens with zero attached hydrogens (tertiary/aromatic N) is 1. The number of rotatable bonds is 4. The molecule has 0 spiro atoms. The van der Waals surface area contributed by atoms with Gasteiger partial charge in [0.05, 0.1) is 0 Å². The van der Waals surface area contributed by atoms with Crippen LogP contribution in [0.3, 0.4) is 0 Å². The van der Waals surface area contributed by atoms with E-state index in [1.165, 1.54) is 11.1 Å². The molecule has 0 aliphatic rings. The maximum absolute atomic E-state index is 5.55.